The Balaban J connectivity index is 0. The van der Waals surface area contributed by atoms with Crippen molar-refractivity contribution in [2.45, 2.75) is 13.1 Å². The van der Waals surface area contributed by atoms with Crippen LogP contribution >= 0.6 is 22.2 Å². The fourth-order valence-corrected chi connectivity index (χ4v) is 0. The molecule has 0 atom stereocenters. The zero-order valence-corrected chi connectivity index (χ0v) is 7.27. The maximum atomic E-state index is 5.03. The Hall–Kier alpha value is 1.01. The van der Waals surface area contributed by atoms with Crippen molar-refractivity contribution in [2.24, 2.45) is 0 Å². The highest BCUT2D eigenvalue weighted by Gasteiger charge is 1.45. The van der Waals surface area contributed by atoms with E-state index in [0.29, 0.717) is 17.7 Å². The van der Waals surface area contributed by atoms with Gasteiger partial charge in [0.2, 0.25) is 0 Å². The lowest BCUT2D eigenvalue weighted by molar-refractivity contribution is 2.37. The summed E-state index contributed by atoms with van der Waals surface area (Å²) >= 11 is 10.1. The SMILES string of the molecule is C[Si]Cl.C[Si]Cl. The molecule has 0 saturated carbocycles. The lowest BCUT2D eigenvalue weighted by atomic mass is 11.9. The molecule has 0 N–H and O–H groups in total. The molecule has 0 aromatic heterocycles. The molecule has 0 aliphatic carbocycles. The molecule has 4 heteroatoms. The third kappa shape index (κ3) is 78.6. The maximum absolute atomic E-state index is 5.03. The molecule has 0 saturated heterocycles. The molecule has 36 valence electrons. The smallest absolute Gasteiger partial charge is 0.168 e. The Morgan fingerprint density at radius 2 is 1.00 bits per heavy atom. The predicted octanol–water partition coefficient (Wildman–Crippen LogP) is 1.78. The van der Waals surface area contributed by atoms with Crippen LogP contribution in [0.2, 0.25) is 13.1 Å². The van der Waals surface area contributed by atoms with Crippen LogP contribution in [0, 0.1) is 0 Å². The lowest BCUT2D eigenvalue weighted by Crippen LogP contribution is -1.45. The van der Waals surface area contributed by atoms with Crippen LogP contribution < -0.4 is 0 Å². The fraction of sp³-hybridized carbons (Fsp3) is 1.00. The highest BCUT2D eigenvalue weighted by molar-refractivity contribution is 6.93. The van der Waals surface area contributed by atoms with Gasteiger partial charge in [0.05, 0.1) is 0 Å². The maximum Gasteiger partial charge on any atom is 0.168 e. The van der Waals surface area contributed by atoms with Crippen LogP contribution in [0.5, 0.6) is 0 Å². The molecule has 0 nitrogen and oxygen atoms in total. The quantitative estimate of drug-likeness (QED) is 0.371. The summed E-state index contributed by atoms with van der Waals surface area (Å²) in [4.78, 5) is 0. The molecule has 6 heavy (non-hydrogen) atoms. The lowest BCUT2D eigenvalue weighted by Gasteiger charge is -1.40. The molecule has 0 bridgehead atoms. The summed E-state index contributed by atoms with van der Waals surface area (Å²) in [6.45, 7) is 3.84. The first-order chi connectivity index (χ1) is 2.83. The number of rotatable bonds is 0. The van der Waals surface area contributed by atoms with Crippen molar-refractivity contribution in [1.82, 2.24) is 0 Å². The van der Waals surface area contributed by atoms with Gasteiger partial charge in [0.25, 0.3) is 0 Å². The van der Waals surface area contributed by atoms with Gasteiger partial charge in [-0.2, -0.15) is 22.2 Å². The summed E-state index contributed by atoms with van der Waals surface area (Å²) in [6.07, 6.45) is 0. The fourth-order valence-electron chi connectivity index (χ4n) is 0. The molecule has 0 aromatic rings. The van der Waals surface area contributed by atoms with Crippen LogP contribution in [-0.4, -0.2) is 17.7 Å². The first kappa shape index (κ1) is 10.1. The standard InChI is InChI=1S/2CH3ClSi/c2*1-3-2/h2*1H3. The average Bonchev–Trinajstić information content (AvgIpc) is 1.39. The summed E-state index contributed by atoms with van der Waals surface area (Å²) in [5.74, 6) is 0. The number of hydrogen-bond acceptors (Lipinski definition) is 0. The number of hydrogen-bond donors (Lipinski definition) is 0. The van der Waals surface area contributed by atoms with Crippen LogP contribution in [0.3, 0.4) is 0 Å². The largest absolute Gasteiger partial charge is 0.172 e. The molecule has 0 rings (SSSR count). The van der Waals surface area contributed by atoms with Crippen molar-refractivity contribution in [3.63, 3.8) is 0 Å². The molecule has 0 aliphatic rings. The third-order valence-corrected chi connectivity index (χ3v) is 0. The van der Waals surface area contributed by atoms with E-state index < -0.39 is 0 Å². The van der Waals surface area contributed by atoms with Gasteiger partial charge >= 0.3 is 0 Å². The van der Waals surface area contributed by atoms with Gasteiger partial charge in [0.15, 0.2) is 17.7 Å². The minimum Gasteiger partial charge on any atom is -0.172 e. The van der Waals surface area contributed by atoms with Gasteiger partial charge in [0, 0.05) is 0 Å². The molecule has 0 fully saturated rings. The van der Waals surface area contributed by atoms with Crippen LogP contribution in [-0.2, 0) is 0 Å². The van der Waals surface area contributed by atoms with E-state index in [9.17, 15) is 0 Å². The summed E-state index contributed by atoms with van der Waals surface area (Å²) < 4.78 is 0. The van der Waals surface area contributed by atoms with Gasteiger partial charge in [-0.05, 0) is 0 Å². The van der Waals surface area contributed by atoms with E-state index >= 15 is 0 Å². The Morgan fingerprint density at radius 3 is 1.00 bits per heavy atom. The monoisotopic (exact) mass is 156 g/mol. The molecular formula is C2H6Cl2Si2. The second kappa shape index (κ2) is 16.6. The van der Waals surface area contributed by atoms with E-state index in [0.717, 1.165) is 0 Å². The molecule has 0 aliphatic heterocycles. The first-order valence-electron chi connectivity index (χ1n) is 1.38. The molecule has 0 amide bonds. The summed E-state index contributed by atoms with van der Waals surface area (Å²) in [6, 6.07) is 0. The molecule has 0 spiro atoms. The summed E-state index contributed by atoms with van der Waals surface area (Å²) in [5.41, 5.74) is 0. The Kier molecular flexibility index (Phi) is 28.0. The summed E-state index contributed by atoms with van der Waals surface area (Å²) in [5, 5.41) is 0. The van der Waals surface area contributed by atoms with E-state index in [1.54, 1.807) is 0 Å². The topological polar surface area (TPSA) is 0 Å². The van der Waals surface area contributed by atoms with Gasteiger partial charge in [-0.15, -0.1) is 0 Å². The van der Waals surface area contributed by atoms with Crippen LogP contribution in [0.25, 0.3) is 0 Å². The van der Waals surface area contributed by atoms with Crippen molar-refractivity contribution >= 4 is 39.8 Å². The van der Waals surface area contributed by atoms with Gasteiger partial charge < -0.3 is 0 Å². The van der Waals surface area contributed by atoms with Crippen molar-refractivity contribution in [3.8, 4) is 0 Å². The molecule has 0 heterocycles. The Morgan fingerprint density at radius 1 is 1.00 bits per heavy atom. The van der Waals surface area contributed by atoms with E-state index in [4.69, 9.17) is 22.2 Å². The van der Waals surface area contributed by atoms with Crippen molar-refractivity contribution < 1.29 is 0 Å². The van der Waals surface area contributed by atoms with E-state index in [1.807, 2.05) is 13.1 Å². The summed E-state index contributed by atoms with van der Waals surface area (Å²) in [7, 11) is 1.11. The minimum atomic E-state index is 0.556. The Labute approximate surface area is 53.3 Å². The molecular weight excluding hydrogens is 151 g/mol. The number of halogens is 2. The highest BCUT2D eigenvalue weighted by atomic mass is 35.6. The first-order valence-corrected chi connectivity index (χ1v) is 6.40. The van der Waals surface area contributed by atoms with E-state index in [-0.39, 0.29) is 0 Å². The van der Waals surface area contributed by atoms with Crippen molar-refractivity contribution in [1.29, 1.82) is 0 Å². The van der Waals surface area contributed by atoms with Crippen molar-refractivity contribution in [3.05, 3.63) is 0 Å². The predicted molar refractivity (Wildman–Crippen MR) is 34.9 cm³/mol. The zero-order valence-electron chi connectivity index (χ0n) is 3.76. The zero-order chi connectivity index (χ0) is 5.41. The normalized spacial score (nSPS) is 6.00. The minimum absolute atomic E-state index is 0.556. The van der Waals surface area contributed by atoms with Gasteiger partial charge in [0.1, 0.15) is 0 Å². The highest BCUT2D eigenvalue weighted by Crippen LogP contribution is 1.55. The molecule has 0 aromatic carbocycles. The molecule has 0 unspecified atom stereocenters. The van der Waals surface area contributed by atoms with Crippen LogP contribution in [0.15, 0.2) is 0 Å². The second-order valence-corrected chi connectivity index (χ2v) is 3.40. The van der Waals surface area contributed by atoms with Crippen molar-refractivity contribution in [2.75, 3.05) is 0 Å². The van der Waals surface area contributed by atoms with E-state index in [2.05, 4.69) is 0 Å². The Bertz CT molecular complexity index is 11.5. The van der Waals surface area contributed by atoms with Crippen LogP contribution in [0.1, 0.15) is 0 Å². The van der Waals surface area contributed by atoms with Gasteiger partial charge in [-0.25, -0.2) is 0 Å². The van der Waals surface area contributed by atoms with Gasteiger partial charge in [-0.3, -0.25) is 0 Å². The second-order valence-electron chi connectivity index (χ2n) is 0.378. The molecule has 4 radical (unpaired) electrons. The average molecular weight is 157 g/mol. The third-order valence-electron chi connectivity index (χ3n) is 0. The van der Waals surface area contributed by atoms with Crippen LogP contribution in [0.4, 0.5) is 0 Å². The van der Waals surface area contributed by atoms with Gasteiger partial charge in [-0.1, -0.05) is 13.1 Å². The van der Waals surface area contributed by atoms with E-state index in [1.165, 1.54) is 0 Å².